The lowest BCUT2D eigenvalue weighted by molar-refractivity contribution is -0.118. The molecule has 0 radical (unpaired) electrons. The summed E-state index contributed by atoms with van der Waals surface area (Å²) in [7, 11) is 0. The summed E-state index contributed by atoms with van der Waals surface area (Å²) in [6.07, 6.45) is 2.50. The van der Waals surface area contributed by atoms with Crippen molar-refractivity contribution < 1.29 is 9.53 Å². The average Bonchev–Trinajstić information content (AvgIpc) is 2.76. The van der Waals surface area contributed by atoms with Crippen molar-refractivity contribution in [2.45, 2.75) is 25.4 Å². The van der Waals surface area contributed by atoms with Gasteiger partial charge in [-0.2, -0.15) is 0 Å². The van der Waals surface area contributed by atoms with Gasteiger partial charge < -0.3 is 15.8 Å². The Morgan fingerprint density at radius 1 is 1.59 bits per heavy atom. The minimum absolute atomic E-state index is 0.0291. The fourth-order valence-corrected chi connectivity index (χ4v) is 2.09. The molecule has 0 bridgehead atoms. The van der Waals surface area contributed by atoms with E-state index in [2.05, 4.69) is 21.2 Å². The first-order valence-electron chi connectivity index (χ1n) is 5.61. The van der Waals surface area contributed by atoms with Gasteiger partial charge in [-0.15, -0.1) is 0 Å². The van der Waals surface area contributed by atoms with Gasteiger partial charge in [0.15, 0.2) is 0 Å². The number of halogens is 1. The lowest BCUT2D eigenvalue weighted by Gasteiger charge is -2.10. The van der Waals surface area contributed by atoms with Crippen LogP contribution in [0.3, 0.4) is 0 Å². The van der Waals surface area contributed by atoms with E-state index in [1.54, 1.807) is 6.07 Å². The topological polar surface area (TPSA) is 64.3 Å². The molecule has 1 aliphatic heterocycles. The third-order valence-electron chi connectivity index (χ3n) is 2.72. The maximum atomic E-state index is 11.7. The minimum Gasteiger partial charge on any atom is -0.398 e. The predicted octanol–water partition coefficient (Wildman–Crippen LogP) is 2.54. The molecule has 1 aromatic carbocycles. The van der Waals surface area contributed by atoms with Crippen LogP contribution in [0, 0.1) is 0 Å². The highest BCUT2D eigenvalue weighted by Gasteiger charge is 2.19. The van der Waals surface area contributed by atoms with Crippen molar-refractivity contribution in [2.75, 3.05) is 17.7 Å². The maximum absolute atomic E-state index is 11.7. The van der Waals surface area contributed by atoms with Crippen molar-refractivity contribution in [1.29, 1.82) is 0 Å². The van der Waals surface area contributed by atoms with E-state index in [4.69, 9.17) is 10.5 Å². The van der Waals surface area contributed by atoms with Crippen molar-refractivity contribution in [3.63, 3.8) is 0 Å². The Labute approximate surface area is 109 Å². The molecule has 1 saturated heterocycles. The zero-order valence-corrected chi connectivity index (χ0v) is 11.0. The van der Waals surface area contributed by atoms with E-state index in [0.29, 0.717) is 17.8 Å². The summed E-state index contributed by atoms with van der Waals surface area (Å²) in [6, 6.07) is 5.36. The standard InChI is InChI=1S/C12H15BrN2O2/c13-10-4-3-8(6-11(10)14)15-12(16)7-9-2-1-5-17-9/h3-4,6,9H,1-2,5,7,14H2,(H,15,16). The highest BCUT2D eigenvalue weighted by Crippen LogP contribution is 2.23. The number of anilines is 2. The quantitative estimate of drug-likeness (QED) is 0.843. The second-order valence-electron chi connectivity index (χ2n) is 4.12. The fraction of sp³-hybridized carbons (Fsp3) is 0.417. The summed E-state index contributed by atoms with van der Waals surface area (Å²) in [6.45, 7) is 0.767. The summed E-state index contributed by atoms with van der Waals surface area (Å²) in [5.41, 5.74) is 7.06. The van der Waals surface area contributed by atoms with Gasteiger partial charge in [-0.05, 0) is 47.0 Å². The van der Waals surface area contributed by atoms with Gasteiger partial charge in [0, 0.05) is 22.5 Å². The largest absolute Gasteiger partial charge is 0.398 e. The molecule has 0 saturated carbocycles. The Morgan fingerprint density at radius 2 is 2.41 bits per heavy atom. The van der Waals surface area contributed by atoms with Crippen LogP contribution in [0.4, 0.5) is 11.4 Å². The number of nitrogens with one attached hydrogen (secondary N) is 1. The van der Waals surface area contributed by atoms with E-state index < -0.39 is 0 Å². The number of carbonyl (C=O) groups excluding carboxylic acids is 1. The number of amides is 1. The van der Waals surface area contributed by atoms with Crippen LogP contribution >= 0.6 is 15.9 Å². The molecule has 92 valence electrons. The number of hydrogen-bond donors (Lipinski definition) is 2. The van der Waals surface area contributed by atoms with Crippen molar-refractivity contribution in [3.05, 3.63) is 22.7 Å². The summed E-state index contributed by atoms with van der Waals surface area (Å²) in [5.74, 6) is -0.0291. The highest BCUT2D eigenvalue weighted by molar-refractivity contribution is 9.10. The third kappa shape index (κ3) is 3.44. The molecule has 2 rings (SSSR count). The molecule has 0 aliphatic carbocycles. The molecule has 1 aromatic rings. The Balaban J connectivity index is 1.90. The predicted molar refractivity (Wildman–Crippen MR) is 70.8 cm³/mol. The van der Waals surface area contributed by atoms with Crippen LogP contribution in [0.15, 0.2) is 22.7 Å². The number of benzene rings is 1. The van der Waals surface area contributed by atoms with E-state index in [9.17, 15) is 4.79 Å². The van der Waals surface area contributed by atoms with E-state index >= 15 is 0 Å². The Kier molecular flexibility index (Phi) is 4.02. The first kappa shape index (κ1) is 12.4. The molecule has 1 atom stereocenters. The van der Waals surface area contributed by atoms with Crippen molar-refractivity contribution in [2.24, 2.45) is 0 Å². The number of nitrogens with two attached hydrogens (primary N) is 1. The highest BCUT2D eigenvalue weighted by atomic mass is 79.9. The van der Waals surface area contributed by atoms with Crippen LogP contribution in [-0.4, -0.2) is 18.6 Å². The second kappa shape index (κ2) is 5.51. The SMILES string of the molecule is Nc1cc(NC(=O)CC2CCCO2)ccc1Br. The molecule has 1 aliphatic rings. The zero-order chi connectivity index (χ0) is 12.3. The molecule has 1 amide bonds. The normalized spacial score (nSPS) is 19.2. The van der Waals surface area contributed by atoms with Crippen LogP contribution in [-0.2, 0) is 9.53 Å². The number of ether oxygens (including phenoxy) is 1. The van der Waals surface area contributed by atoms with Crippen LogP contribution < -0.4 is 11.1 Å². The Morgan fingerprint density at radius 3 is 3.06 bits per heavy atom. The van der Waals surface area contributed by atoms with Gasteiger partial charge in [0.25, 0.3) is 0 Å². The molecule has 17 heavy (non-hydrogen) atoms. The maximum Gasteiger partial charge on any atom is 0.226 e. The van der Waals surface area contributed by atoms with E-state index in [1.807, 2.05) is 12.1 Å². The zero-order valence-electron chi connectivity index (χ0n) is 9.41. The molecule has 5 heteroatoms. The van der Waals surface area contributed by atoms with Crippen molar-refractivity contribution in [3.8, 4) is 0 Å². The van der Waals surface area contributed by atoms with E-state index in [0.717, 1.165) is 23.9 Å². The monoisotopic (exact) mass is 298 g/mol. The lowest BCUT2D eigenvalue weighted by Crippen LogP contribution is -2.19. The van der Waals surface area contributed by atoms with Gasteiger partial charge in [0.05, 0.1) is 12.5 Å². The van der Waals surface area contributed by atoms with Crippen LogP contribution in [0.25, 0.3) is 0 Å². The number of hydrogen-bond acceptors (Lipinski definition) is 3. The van der Waals surface area contributed by atoms with Gasteiger partial charge in [-0.3, -0.25) is 4.79 Å². The summed E-state index contributed by atoms with van der Waals surface area (Å²) >= 11 is 3.31. The van der Waals surface area contributed by atoms with Gasteiger partial charge in [0.1, 0.15) is 0 Å². The molecular formula is C12H15BrN2O2. The molecule has 0 spiro atoms. The molecule has 1 heterocycles. The molecule has 1 fully saturated rings. The Bertz CT molecular complexity index is 417. The number of rotatable bonds is 3. The first-order chi connectivity index (χ1) is 8.15. The van der Waals surface area contributed by atoms with Gasteiger partial charge in [-0.25, -0.2) is 0 Å². The smallest absolute Gasteiger partial charge is 0.226 e. The second-order valence-corrected chi connectivity index (χ2v) is 4.98. The average molecular weight is 299 g/mol. The van der Waals surface area contributed by atoms with Crippen LogP contribution in [0.1, 0.15) is 19.3 Å². The van der Waals surface area contributed by atoms with Crippen molar-refractivity contribution >= 4 is 33.2 Å². The first-order valence-corrected chi connectivity index (χ1v) is 6.41. The van der Waals surface area contributed by atoms with Crippen LogP contribution in [0.2, 0.25) is 0 Å². The van der Waals surface area contributed by atoms with Gasteiger partial charge in [0.2, 0.25) is 5.91 Å². The van der Waals surface area contributed by atoms with Crippen LogP contribution in [0.5, 0.6) is 0 Å². The number of nitrogen functional groups attached to an aromatic ring is 1. The molecule has 0 aromatic heterocycles. The van der Waals surface area contributed by atoms with Gasteiger partial charge in [-0.1, -0.05) is 0 Å². The summed E-state index contributed by atoms with van der Waals surface area (Å²) in [4.78, 5) is 11.7. The fourth-order valence-electron chi connectivity index (χ4n) is 1.85. The summed E-state index contributed by atoms with van der Waals surface area (Å²) < 4.78 is 6.24. The van der Waals surface area contributed by atoms with Gasteiger partial charge >= 0.3 is 0 Å². The third-order valence-corrected chi connectivity index (χ3v) is 3.44. The minimum atomic E-state index is -0.0291. The molecular weight excluding hydrogens is 284 g/mol. The van der Waals surface area contributed by atoms with E-state index in [1.165, 1.54) is 0 Å². The lowest BCUT2D eigenvalue weighted by atomic mass is 10.1. The molecule has 1 unspecified atom stereocenters. The summed E-state index contributed by atoms with van der Waals surface area (Å²) in [5, 5.41) is 2.82. The molecule has 4 nitrogen and oxygen atoms in total. The van der Waals surface area contributed by atoms with E-state index in [-0.39, 0.29) is 12.0 Å². The number of carbonyl (C=O) groups is 1. The van der Waals surface area contributed by atoms with Crippen molar-refractivity contribution in [1.82, 2.24) is 0 Å². The molecule has 3 N–H and O–H groups in total. The Hall–Kier alpha value is -1.07.